The van der Waals surface area contributed by atoms with Gasteiger partial charge in [-0.05, 0) is 6.92 Å². The molecule has 4 nitrogen and oxygen atoms in total. The molecular formula is C9H16N4. The van der Waals surface area contributed by atoms with E-state index in [1.54, 1.807) is 0 Å². The summed E-state index contributed by atoms with van der Waals surface area (Å²) >= 11 is 0. The highest BCUT2D eigenvalue weighted by molar-refractivity contribution is 5.36. The molecule has 13 heavy (non-hydrogen) atoms. The Labute approximate surface area is 78.3 Å². The minimum absolute atomic E-state index is 0.787. The topological polar surface area (TPSA) is 41.9 Å². The molecule has 1 fully saturated rings. The lowest BCUT2D eigenvalue weighted by molar-refractivity contribution is 0.365. The van der Waals surface area contributed by atoms with Gasteiger partial charge in [0.25, 0.3) is 0 Å². The lowest BCUT2D eigenvalue weighted by Crippen LogP contribution is -2.45. The van der Waals surface area contributed by atoms with E-state index in [0.717, 1.165) is 37.1 Å². The van der Waals surface area contributed by atoms with E-state index in [-0.39, 0.29) is 0 Å². The Morgan fingerprint density at radius 1 is 1.69 bits per heavy atom. The van der Waals surface area contributed by atoms with Crippen LogP contribution in [0.3, 0.4) is 0 Å². The molecule has 0 aliphatic carbocycles. The van der Waals surface area contributed by atoms with Crippen molar-refractivity contribution in [1.82, 2.24) is 15.1 Å². The molecule has 1 saturated heterocycles. The van der Waals surface area contributed by atoms with Crippen LogP contribution in [0.4, 0.5) is 5.82 Å². The molecule has 0 saturated carbocycles. The van der Waals surface area contributed by atoms with Crippen molar-refractivity contribution in [3.63, 3.8) is 0 Å². The van der Waals surface area contributed by atoms with Crippen LogP contribution in [0.2, 0.25) is 0 Å². The number of hydrogen-bond acceptors (Lipinski definition) is 3. The molecule has 2 heterocycles. The first-order valence-corrected chi connectivity index (χ1v) is 4.71. The van der Waals surface area contributed by atoms with Gasteiger partial charge in [-0.3, -0.25) is 4.68 Å². The van der Waals surface area contributed by atoms with E-state index in [1.165, 1.54) is 0 Å². The lowest BCUT2D eigenvalue weighted by Gasteiger charge is -2.27. The zero-order chi connectivity index (χ0) is 9.26. The van der Waals surface area contributed by atoms with Crippen molar-refractivity contribution in [2.75, 3.05) is 25.0 Å². The maximum Gasteiger partial charge on any atom is 0.124 e. The number of aromatic nitrogens is 2. The summed E-state index contributed by atoms with van der Waals surface area (Å²) in [6.45, 7) is 5.34. The van der Waals surface area contributed by atoms with Crippen LogP contribution < -0.4 is 10.6 Å². The summed E-state index contributed by atoms with van der Waals surface area (Å²) in [7, 11) is 1.97. The highest BCUT2D eigenvalue weighted by Crippen LogP contribution is 2.10. The molecule has 1 aromatic rings. The largest absolute Gasteiger partial charge is 0.370 e. The Balaban J connectivity index is 1.89. The Morgan fingerprint density at radius 2 is 2.46 bits per heavy atom. The summed E-state index contributed by atoms with van der Waals surface area (Å²) in [4.78, 5) is 0. The molecule has 1 aliphatic rings. The van der Waals surface area contributed by atoms with Gasteiger partial charge in [0.05, 0.1) is 5.69 Å². The molecule has 0 radical (unpaired) electrons. The van der Waals surface area contributed by atoms with E-state index >= 15 is 0 Å². The first kappa shape index (κ1) is 8.56. The zero-order valence-electron chi connectivity index (χ0n) is 8.17. The van der Waals surface area contributed by atoms with E-state index in [1.807, 2.05) is 18.7 Å². The summed E-state index contributed by atoms with van der Waals surface area (Å²) in [5, 5.41) is 10.9. The van der Waals surface area contributed by atoms with Crippen LogP contribution >= 0.6 is 0 Å². The summed E-state index contributed by atoms with van der Waals surface area (Å²) in [6, 6.07) is 2.08. The van der Waals surface area contributed by atoms with Crippen molar-refractivity contribution in [3.05, 3.63) is 11.8 Å². The van der Waals surface area contributed by atoms with Crippen molar-refractivity contribution in [2.45, 2.75) is 6.92 Å². The normalized spacial score (nSPS) is 17.1. The second-order valence-electron chi connectivity index (χ2n) is 3.70. The van der Waals surface area contributed by atoms with Crippen LogP contribution in [0.1, 0.15) is 5.69 Å². The van der Waals surface area contributed by atoms with Gasteiger partial charge < -0.3 is 10.6 Å². The van der Waals surface area contributed by atoms with E-state index in [4.69, 9.17) is 0 Å². The average Bonchev–Trinajstić information content (AvgIpc) is 2.27. The van der Waals surface area contributed by atoms with Crippen LogP contribution in [-0.2, 0) is 7.05 Å². The SMILES string of the molecule is Cc1cc(NCC2CNC2)n(C)n1. The third-order valence-electron chi connectivity index (χ3n) is 2.44. The Morgan fingerprint density at radius 3 is 2.92 bits per heavy atom. The molecule has 4 heteroatoms. The molecule has 0 spiro atoms. The molecule has 1 aromatic heterocycles. The Kier molecular flexibility index (Phi) is 2.22. The minimum Gasteiger partial charge on any atom is -0.370 e. The van der Waals surface area contributed by atoms with E-state index in [9.17, 15) is 0 Å². The van der Waals surface area contributed by atoms with E-state index < -0.39 is 0 Å². The Hall–Kier alpha value is -1.03. The minimum atomic E-state index is 0.787. The van der Waals surface area contributed by atoms with Crippen molar-refractivity contribution in [2.24, 2.45) is 13.0 Å². The van der Waals surface area contributed by atoms with Crippen molar-refractivity contribution < 1.29 is 0 Å². The molecule has 1 aliphatic heterocycles. The van der Waals surface area contributed by atoms with Crippen molar-refractivity contribution in [3.8, 4) is 0 Å². The molecule has 72 valence electrons. The van der Waals surface area contributed by atoms with Crippen LogP contribution in [0.25, 0.3) is 0 Å². The van der Waals surface area contributed by atoms with Crippen LogP contribution in [0.5, 0.6) is 0 Å². The number of rotatable bonds is 3. The standard InChI is InChI=1S/C9H16N4/c1-7-3-9(13(2)12-7)11-6-8-4-10-5-8/h3,8,10-11H,4-6H2,1-2H3. The molecule has 2 rings (SSSR count). The number of nitrogens with zero attached hydrogens (tertiary/aromatic N) is 2. The first-order chi connectivity index (χ1) is 6.25. The molecule has 0 aromatic carbocycles. The van der Waals surface area contributed by atoms with E-state index in [2.05, 4.69) is 21.8 Å². The van der Waals surface area contributed by atoms with Crippen LogP contribution in [-0.4, -0.2) is 29.4 Å². The quantitative estimate of drug-likeness (QED) is 0.705. The van der Waals surface area contributed by atoms with Gasteiger partial charge in [-0.2, -0.15) is 5.10 Å². The van der Waals surface area contributed by atoms with Gasteiger partial charge >= 0.3 is 0 Å². The fourth-order valence-corrected chi connectivity index (χ4v) is 1.52. The number of hydrogen-bond donors (Lipinski definition) is 2. The fraction of sp³-hybridized carbons (Fsp3) is 0.667. The maximum atomic E-state index is 4.27. The smallest absolute Gasteiger partial charge is 0.124 e. The van der Waals surface area contributed by atoms with Crippen LogP contribution in [0, 0.1) is 12.8 Å². The third kappa shape index (κ3) is 1.83. The maximum absolute atomic E-state index is 4.27. The highest BCUT2D eigenvalue weighted by Gasteiger charge is 2.16. The van der Waals surface area contributed by atoms with Crippen molar-refractivity contribution >= 4 is 5.82 Å². The number of nitrogens with one attached hydrogen (secondary N) is 2. The molecule has 0 amide bonds. The predicted octanol–water partition coefficient (Wildman–Crippen LogP) is 0.360. The monoisotopic (exact) mass is 180 g/mol. The molecule has 0 bridgehead atoms. The summed E-state index contributed by atoms with van der Waals surface area (Å²) in [5.41, 5.74) is 1.07. The van der Waals surface area contributed by atoms with Crippen molar-refractivity contribution in [1.29, 1.82) is 0 Å². The first-order valence-electron chi connectivity index (χ1n) is 4.71. The number of anilines is 1. The van der Waals surface area contributed by atoms with Gasteiger partial charge in [0.2, 0.25) is 0 Å². The second kappa shape index (κ2) is 3.38. The molecule has 0 atom stereocenters. The molecule has 2 N–H and O–H groups in total. The third-order valence-corrected chi connectivity index (χ3v) is 2.44. The Bertz CT molecular complexity index is 288. The summed E-state index contributed by atoms with van der Waals surface area (Å²) < 4.78 is 1.89. The highest BCUT2D eigenvalue weighted by atomic mass is 15.3. The average molecular weight is 180 g/mol. The van der Waals surface area contributed by atoms with Gasteiger partial charge in [0, 0.05) is 38.7 Å². The summed E-state index contributed by atoms with van der Waals surface area (Å²) in [5.74, 6) is 1.90. The molecular weight excluding hydrogens is 164 g/mol. The predicted molar refractivity (Wildman–Crippen MR) is 52.8 cm³/mol. The number of aryl methyl sites for hydroxylation is 2. The van der Waals surface area contributed by atoms with Gasteiger partial charge in [-0.15, -0.1) is 0 Å². The summed E-state index contributed by atoms with van der Waals surface area (Å²) in [6.07, 6.45) is 0. The van der Waals surface area contributed by atoms with Gasteiger partial charge in [-0.1, -0.05) is 0 Å². The van der Waals surface area contributed by atoms with Gasteiger partial charge in [0.1, 0.15) is 5.82 Å². The lowest BCUT2D eigenvalue weighted by atomic mass is 10.0. The van der Waals surface area contributed by atoms with Crippen LogP contribution in [0.15, 0.2) is 6.07 Å². The second-order valence-corrected chi connectivity index (χ2v) is 3.70. The van der Waals surface area contributed by atoms with Gasteiger partial charge in [-0.25, -0.2) is 0 Å². The zero-order valence-corrected chi connectivity index (χ0v) is 8.17. The van der Waals surface area contributed by atoms with E-state index in [0.29, 0.717) is 0 Å². The fourth-order valence-electron chi connectivity index (χ4n) is 1.52. The molecule has 0 unspecified atom stereocenters. The van der Waals surface area contributed by atoms with Gasteiger partial charge in [0.15, 0.2) is 0 Å².